The van der Waals surface area contributed by atoms with Crippen molar-refractivity contribution in [3.8, 4) is 0 Å². The third kappa shape index (κ3) is 4.67. The maximum absolute atomic E-state index is 14.8. The van der Waals surface area contributed by atoms with E-state index < -0.39 is 29.3 Å². The smallest absolute Gasteiger partial charge is 0.309 e. The second-order valence-corrected chi connectivity index (χ2v) is 9.55. The average Bonchev–Trinajstić information content (AvgIpc) is 2.76. The van der Waals surface area contributed by atoms with Gasteiger partial charge >= 0.3 is 5.97 Å². The molecule has 0 saturated carbocycles. The minimum Gasteiger partial charge on any atom is -0.460 e. The van der Waals surface area contributed by atoms with Gasteiger partial charge in [0.15, 0.2) is 0 Å². The molecule has 8 heteroatoms. The lowest BCUT2D eigenvalue weighted by molar-refractivity contribution is -0.155. The van der Waals surface area contributed by atoms with Gasteiger partial charge in [0.05, 0.1) is 12.1 Å². The van der Waals surface area contributed by atoms with Crippen molar-refractivity contribution in [3.63, 3.8) is 0 Å². The van der Waals surface area contributed by atoms with Crippen LogP contribution in [0.25, 0.3) is 0 Å². The molecule has 1 aromatic heterocycles. The van der Waals surface area contributed by atoms with Crippen molar-refractivity contribution in [3.05, 3.63) is 50.6 Å². The highest BCUT2D eigenvalue weighted by molar-refractivity contribution is 7.17. The summed E-state index contributed by atoms with van der Waals surface area (Å²) in [6.45, 7) is 9.07. The van der Waals surface area contributed by atoms with Crippen molar-refractivity contribution in [2.24, 2.45) is 4.99 Å². The maximum Gasteiger partial charge on any atom is 0.309 e. The molecule has 0 spiro atoms. The minimum atomic E-state index is -1.03. The van der Waals surface area contributed by atoms with Crippen LogP contribution in [0.5, 0.6) is 0 Å². The number of anilines is 1. The van der Waals surface area contributed by atoms with Gasteiger partial charge in [0, 0.05) is 21.0 Å². The van der Waals surface area contributed by atoms with Crippen molar-refractivity contribution >= 4 is 45.5 Å². The lowest BCUT2D eigenvalue weighted by atomic mass is 9.99. The molecule has 1 N–H and O–H groups in total. The second kappa shape index (κ2) is 7.88. The zero-order valence-corrected chi connectivity index (χ0v) is 18.4. The number of esters is 1. The van der Waals surface area contributed by atoms with E-state index in [9.17, 15) is 14.0 Å². The molecule has 1 aliphatic heterocycles. The SMILES string of the molecule is Cc1sc2c(c1C)C(c1ccc(Cl)cc1F)=N[C@H](CC(=O)OC(C)(C)C)C(=O)N2. The molecule has 3 rings (SSSR count). The summed E-state index contributed by atoms with van der Waals surface area (Å²) >= 11 is 7.30. The number of ether oxygens (including phenoxy) is 1. The van der Waals surface area contributed by atoms with Gasteiger partial charge < -0.3 is 10.1 Å². The van der Waals surface area contributed by atoms with Crippen LogP contribution in [0.4, 0.5) is 9.39 Å². The van der Waals surface area contributed by atoms with Crippen LogP contribution in [-0.4, -0.2) is 29.2 Å². The van der Waals surface area contributed by atoms with Gasteiger partial charge in [0.2, 0.25) is 5.91 Å². The molecular weight excluding hydrogens is 415 g/mol. The van der Waals surface area contributed by atoms with Crippen LogP contribution >= 0.6 is 22.9 Å². The molecule has 0 aliphatic carbocycles. The number of amides is 1. The van der Waals surface area contributed by atoms with Gasteiger partial charge in [0.25, 0.3) is 0 Å². The Labute approximate surface area is 177 Å². The molecule has 1 atom stereocenters. The third-order valence-electron chi connectivity index (χ3n) is 4.41. The average molecular weight is 437 g/mol. The normalized spacial score (nSPS) is 16.6. The Morgan fingerprint density at radius 3 is 2.66 bits per heavy atom. The predicted molar refractivity (Wildman–Crippen MR) is 114 cm³/mol. The number of aryl methyl sites for hydroxylation is 1. The molecule has 29 heavy (non-hydrogen) atoms. The van der Waals surface area contributed by atoms with E-state index in [1.807, 2.05) is 13.8 Å². The number of nitrogens with one attached hydrogen (secondary N) is 1. The quantitative estimate of drug-likeness (QED) is 0.685. The zero-order chi connectivity index (χ0) is 21.5. The van der Waals surface area contributed by atoms with E-state index >= 15 is 0 Å². The largest absolute Gasteiger partial charge is 0.460 e. The highest BCUT2D eigenvalue weighted by atomic mass is 35.5. The Morgan fingerprint density at radius 2 is 2.03 bits per heavy atom. The monoisotopic (exact) mass is 436 g/mol. The van der Waals surface area contributed by atoms with Crippen molar-refractivity contribution in [2.45, 2.75) is 52.7 Å². The number of benzene rings is 1. The zero-order valence-electron chi connectivity index (χ0n) is 16.9. The molecule has 2 aromatic rings. The predicted octanol–water partition coefficient (Wildman–Crippen LogP) is 5.05. The second-order valence-electron chi connectivity index (χ2n) is 7.88. The number of carbonyl (C=O) groups is 2. The standard InChI is InChI=1S/C21H22ClFN2O3S/c1-10-11(2)29-20-17(10)18(13-7-6-12(22)8-14(13)23)24-15(19(27)25-20)9-16(26)28-21(3,4)5/h6-8,15H,9H2,1-5H3,(H,25,27)/t15-/m1/s1. The molecule has 0 unspecified atom stereocenters. The van der Waals surface area contributed by atoms with Gasteiger partial charge in [0.1, 0.15) is 22.5 Å². The van der Waals surface area contributed by atoms with E-state index in [0.717, 1.165) is 10.4 Å². The van der Waals surface area contributed by atoms with E-state index in [0.29, 0.717) is 16.3 Å². The highest BCUT2D eigenvalue weighted by Crippen LogP contribution is 2.37. The van der Waals surface area contributed by atoms with Crippen LogP contribution in [0.2, 0.25) is 5.02 Å². The minimum absolute atomic E-state index is 0.224. The molecule has 1 aliphatic rings. The number of hydrogen-bond donors (Lipinski definition) is 1. The lowest BCUT2D eigenvalue weighted by Crippen LogP contribution is -2.31. The van der Waals surface area contributed by atoms with Gasteiger partial charge in [-0.3, -0.25) is 14.6 Å². The third-order valence-corrected chi connectivity index (χ3v) is 5.77. The number of nitrogens with zero attached hydrogens (tertiary/aromatic N) is 1. The molecule has 0 bridgehead atoms. The molecule has 2 heterocycles. The van der Waals surface area contributed by atoms with Crippen LogP contribution in [0.15, 0.2) is 23.2 Å². The van der Waals surface area contributed by atoms with Crippen LogP contribution < -0.4 is 5.32 Å². The van der Waals surface area contributed by atoms with Gasteiger partial charge in [-0.05, 0) is 58.4 Å². The topological polar surface area (TPSA) is 67.8 Å². The van der Waals surface area contributed by atoms with Gasteiger partial charge in [-0.2, -0.15) is 0 Å². The summed E-state index contributed by atoms with van der Waals surface area (Å²) in [4.78, 5) is 30.6. The first-order valence-electron chi connectivity index (χ1n) is 9.12. The Balaban J connectivity index is 2.11. The van der Waals surface area contributed by atoms with Crippen LogP contribution in [-0.2, 0) is 14.3 Å². The first-order chi connectivity index (χ1) is 13.5. The summed E-state index contributed by atoms with van der Waals surface area (Å²) in [5.41, 5.74) is 1.43. The molecular formula is C21H22ClFN2O3S. The molecule has 5 nitrogen and oxygen atoms in total. The van der Waals surface area contributed by atoms with Crippen molar-refractivity contribution in [2.75, 3.05) is 5.32 Å². The summed E-state index contributed by atoms with van der Waals surface area (Å²) in [7, 11) is 0. The van der Waals surface area contributed by atoms with E-state index in [1.165, 1.54) is 23.5 Å². The van der Waals surface area contributed by atoms with Gasteiger partial charge in [-0.25, -0.2) is 4.39 Å². The summed E-state index contributed by atoms with van der Waals surface area (Å²) in [5, 5.41) is 3.69. The number of halogens is 2. The lowest BCUT2D eigenvalue weighted by Gasteiger charge is -2.20. The molecule has 0 radical (unpaired) electrons. The van der Waals surface area contributed by atoms with Crippen molar-refractivity contribution in [1.82, 2.24) is 0 Å². The number of fused-ring (bicyclic) bond motifs is 1. The Hall–Kier alpha value is -2.25. The first kappa shape index (κ1) is 21.5. The van der Waals surface area contributed by atoms with Crippen molar-refractivity contribution < 1.29 is 18.7 Å². The van der Waals surface area contributed by atoms with Crippen LogP contribution in [0, 0.1) is 19.7 Å². The number of rotatable bonds is 3. The number of carbonyl (C=O) groups excluding carboxylic acids is 2. The fourth-order valence-corrected chi connectivity index (χ4v) is 4.26. The Bertz CT molecular complexity index is 1020. The van der Waals surface area contributed by atoms with E-state index in [1.54, 1.807) is 26.8 Å². The molecule has 0 fully saturated rings. The van der Waals surface area contributed by atoms with Crippen molar-refractivity contribution in [1.29, 1.82) is 0 Å². The number of hydrogen-bond acceptors (Lipinski definition) is 5. The summed E-state index contributed by atoms with van der Waals surface area (Å²) < 4.78 is 20.1. The van der Waals surface area contributed by atoms with Gasteiger partial charge in [-0.1, -0.05) is 11.6 Å². The highest BCUT2D eigenvalue weighted by Gasteiger charge is 2.32. The Kier molecular flexibility index (Phi) is 5.83. The summed E-state index contributed by atoms with van der Waals surface area (Å²) in [5.74, 6) is -1.52. The maximum atomic E-state index is 14.8. The van der Waals surface area contributed by atoms with Gasteiger partial charge in [-0.15, -0.1) is 11.3 Å². The van der Waals surface area contributed by atoms with E-state index in [-0.39, 0.29) is 17.0 Å². The molecule has 1 amide bonds. The number of aliphatic imine (C=N–C) groups is 1. The Morgan fingerprint density at radius 1 is 1.34 bits per heavy atom. The van der Waals surface area contributed by atoms with E-state index in [2.05, 4.69) is 10.3 Å². The number of thiophene rings is 1. The fourth-order valence-electron chi connectivity index (χ4n) is 3.04. The van der Waals surface area contributed by atoms with Crippen LogP contribution in [0.1, 0.15) is 48.8 Å². The molecule has 0 saturated heterocycles. The fraction of sp³-hybridized carbons (Fsp3) is 0.381. The first-order valence-corrected chi connectivity index (χ1v) is 10.3. The van der Waals surface area contributed by atoms with Crippen LogP contribution in [0.3, 0.4) is 0 Å². The summed E-state index contributed by atoms with van der Waals surface area (Å²) in [6.07, 6.45) is -0.241. The van der Waals surface area contributed by atoms with E-state index in [4.69, 9.17) is 16.3 Å². The molecule has 1 aromatic carbocycles. The summed E-state index contributed by atoms with van der Waals surface area (Å²) in [6, 6.07) is 3.28. The molecule has 154 valence electrons.